The largest absolute Gasteiger partial charge is 0.445 e. The number of hydrogen-bond donors (Lipinski definition) is 0. The van der Waals surface area contributed by atoms with Crippen molar-refractivity contribution >= 4 is 27.7 Å². The molecule has 3 rings (SSSR count). The van der Waals surface area contributed by atoms with E-state index >= 15 is 0 Å². The van der Waals surface area contributed by atoms with E-state index < -0.39 is 12.1 Å². The number of halogens is 1. The molecule has 0 saturated heterocycles. The summed E-state index contributed by atoms with van der Waals surface area (Å²) in [7, 11) is 0. The van der Waals surface area contributed by atoms with Crippen molar-refractivity contribution in [2.75, 3.05) is 0 Å². The number of rotatable bonds is 5. The van der Waals surface area contributed by atoms with Crippen molar-refractivity contribution in [1.82, 2.24) is 0 Å². The standard InChI is InChI=1S/C22H17BrO3/c1-15-10-12-16(13-11-15)20(24)21(17-6-3-2-4-7-17)26-22(25)18-8-5-9-19(23)14-18/h2-14,21H,1H3/t21-/m1/s1. The number of carbonyl (C=O) groups is 2. The smallest absolute Gasteiger partial charge is 0.339 e. The second kappa shape index (κ2) is 8.11. The van der Waals surface area contributed by atoms with Gasteiger partial charge in [-0.05, 0) is 25.1 Å². The SMILES string of the molecule is Cc1ccc(C(=O)[C@H](OC(=O)c2cccc(Br)c2)c2ccccc2)cc1. The molecule has 0 spiro atoms. The molecule has 0 aliphatic carbocycles. The zero-order valence-electron chi connectivity index (χ0n) is 14.2. The molecule has 0 saturated carbocycles. The molecule has 4 heteroatoms. The Labute approximate surface area is 160 Å². The second-order valence-corrected chi connectivity index (χ2v) is 6.85. The minimum absolute atomic E-state index is 0.250. The van der Waals surface area contributed by atoms with Crippen molar-refractivity contribution in [3.63, 3.8) is 0 Å². The molecule has 0 heterocycles. The van der Waals surface area contributed by atoms with Crippen molar-refractivity contribution in [3.05, 3.63) is 106 Å². The van der Waals surface area contributed by atoms with Crippen molar-refractivity contribution in [1.29, 1.82) is 0 Å². The Balaban J connectivity index is 1.92. The Kier molecular flexibility index (Phi) is 5.64. The van der Waals surface area contributed by atoms with Crippen LogP contribution in [0.3, 0.4) is 0 Å². The van der Waals surface area contributed by atoms with Crippen LogP contribution in [0.2, 0.25) is 0 Å². The van der Waals surface area contributed by atoms with Gasteiger partial charge in [0, 0.05) is 15.6 Å². The van der Waals surface area contributed by atoms with Gasteiger partial charge in [0.15, 0.2) is 6.10 Å². The molecule has 0 fully saturated rings. The van der Waals surface area contributed by atoms with Gasteiger partial charge >= 0.3 is 5.97 Å². The van der Waals surface area contributed by atoms with Crippen LogP contribution in [0, 0.1) is 6.92 Å². The van der Waals surface area contributed by atoms with Gasteiger partial charge in [0.05, 0.1) is 5.56 Å². The van der Waals surface area contributed by atoms with E-state index in [-0.39, 0.29) is 5.78 Å². The summed E-state index contributed by atoms with van der Waals surface area (Å²) in [6, 6.07) is 23.2. The Bertz CT molecular complexity index is 918. The van der Waals surface area contributed by atoms with Gasteiger partial charge in [0.25, 0.3) is 0 Å². The van der Waals surface area contributed by atoms with E-state index in [1.807, 2.05) is 43.3 Å². The Morgan fingerprint density at radius 3 is 2.19 bits per heavy atom. The van der Waals surface area contributed by atoms with Crippen molar-refractivity contribution in [2.45, 2.75) is 13.0 Å². The molecule has 0 aliphatic rings. The Morgan fingerprint density at radius 1 is 0.846 bits per heavy atom. The third-order valence-corrected chi connectivity index (χ3v) is 4.45. The predicted octanol–water partition coefficient (Wildman–Crippen LogP) is 5.54. The minimum atomic E-state index is -0.995. The molecule has 0 N–H and O–H groups in total. The quantitative estimate of drug-likeness (QED) is 0.411. The van der Waals surface area contributed by atoms with Gasteiger partial charge in [-0.1, -0.05) is 82.2 Å². The maximum Gasteiger partial charge on any atom is 0.339 e. The van der Waals surface area contributed by atoms with E-state index in [0.29, 0.717) is 16.7 Å². The molecule has 0 aromatic heterocycles. The van der Waals surface area contributed by atoms with Crippen LogP contribution in [0.5, 0.6) is 0 Å². The molecule has 0 amide bonds. The van der Waals surface area contributed by atoms with Crippen molar-refractivity contribution in [2.24, 2.45) is 0 Å². The number of hydrogen-bond acceptors (Lipinski definition) is 3. The van der Waals surface area contributed by atoms with E-state index in [0.717, 1.165) is 10.0 Å². The number of carbonyl (C=O) groups excluding carboxylic acids is 2. The highest BCUT2D eigenvalue weighted by molar-refractivity contribution is 9.10. The molecule has 0 bridgehead atoms. The van der Waals surface area contributed by atoms with Gasteiger partial charge in [-0.25, -0.2) is 4.79 Å². The number of ketones is 1. The zero-order chi connectivity index (χ0) is 18.5. The summed E-state index contributed by atoms with van der Waals surface area (Å²) in [5, 5.41) is 0. The summed E-state index contributed by atoms with van der Waals surface area (Å²) in [5.41, 5.74) is 2.59. The summed E-state index contributed by atoms with van der Waals surface area (Å²) in [6.45, 7) is 1.95. The minimum Gasteiger partial charge on any atom is -0.445 e. The average molecular weight is 409 g/mol. The first-order valence-electron chi connectivity index (χ1n) is 8.17. The molecule has 3 aromatic carbocycles. The van der Waals surface area contributed by atoms with Crippen LogP contribution in [0.25, 0.3) is 0 Å². The van der Waals surface area contributed by atoms with E-state index in [4.69, 9.17) is 4.74 Å². The lowest BCUT2D eigenvalue weighted by Gasteiger charge is -2.17. The highest BCUT2D eigenvalue weighted by Crippen LogP contribution is 2.25. The Hall–Kier alpha value is -2.72. The van der Waals surface area contributed by atoms with Crippen LogP contribution in [0.1, 0.15) is 37.9 Å². The number of ether oxygens (including phenoxy) is 1. The lowest BCUT2D eigenvalue weighted by atomic mass is 9.99. The fraction of sp³-hybridized carbons (Fsp3) is 0.0909. The number of Topliss-reactive ketones (excluding diaryl/α,β-unsaturated/α-hetero) is 1. The van der Waals surface area contributed by atoms with Gasteiger partial charge < -0.3 is 4.74 Å². The fourth-order valence-corrected chi connectivity index (χ4v) is 2.96. The average Bonchev–Trinajstić information content (AvgIpc) is 2.66. The maximum absolute atomic E-state index is 13.0. The van der Waals surface area contributed by atoms with Crippen molar-refractivity contribution in [3.8, 4) is 0 Å². The highest BCUT2D eigenvalue weighted by Gasteiger charge is 2.26. The van der Waals surface area contributed by atoms with E-state index in [1.165, 1.54) is 0 Å². The lowest BCUT2D eigenvalue weighted by Crippen LogP contribution is -2.20. The normalized spacial score (nSPS) is 11.6. The van der Waals surface area contributed by atoms with Crippen LogP contribution in [0.15, 0.2) is 83.3 Å². The van der Waals surface area contributed by atoms with Crippen LogP contribution in [0.4, 0.5) is 0 Å². The summed E-state index contributed by atoms with van der Waals surface area (Å²) < 4.78 is 6.39. The number of benzene rings is 3. The first kappa shape index (κ1) is 18.1. The Morgan fingerprint density at radius 2 is 1.54 bits per heavy atom. The van der Waals surface area contributed by atoms with Crippen LogP contribution in [-0.4, -0.2) is 11.8 Å². The number of esters is 1. The first-order valence-corrected chi connectivity index (χ1v) is 8.96. The van der Waals surface area contributed by atoms with Gasteiger partial charge in [0.1, 0.15) is 0 Å². The van der Waals surface area contributed by atoms with Crippen LogP contribution < -0.4 is 0 Å². The topological polar surface area (TPSA) is 43.4 Å². The first-order chi connectivity index (χ1) is 12.5. The van der Waals surface area contributed by atoms with Crippen molar-refractivity contribution < 1.29 is 14.3 Å². The van der Waals surface area contributed by atoms with Gasteiger partial charge in [-0.15, -0.1) is 0 Å². The third-order valence-electron chi connectivity index (χ3n) is 3.96. The van der Waals surface area contributed by atoms with E-state index in [2.05, 4.69) is 15.9 Å². The molecule has 0 unspecified atom stereocenters. The summed E-state index contributed by atoms with van der Waals surface area (Å²) in [6.07, 6.45) is -0.995. The maximum atomic E-state index is 13.0. The summed E-state index contributed by atoms with van der Waals surface area (Å²) in [5.74, 6) is -0.792. The van der Waals surface area contributed by atoms with Gasteiger partial charge in [0.2, 0.25) is 5.78 Å². The molecule has 26 heavy (non-hydrogen) atoms. The third kappa shape index (κ3) is 4.27. The van der Waals surface area contributed by atoms with Crippen LogP contribution in [-0.2, 0) is 4.74 Å². The molecule has 0 aliphatic heterocycles. The molecular formula is C22H17BrO3. The molecule has 0 radical (unpaired) electrons. The molecule has 1 atom stereocenters. The highest BCUT2D eigenvalue weighted by atomic mass is 79.9. The van der Waals surface area contributed by atoms with E-state index in [9.17, 15) is 9.59 Å². The molecular weight excluding hydrogens is 392 g/mol. The fourth-order valence-electron chi connectivity index (χ4n) is 2.56. The molecule has 130 valence electrons. The number of aryl methyl sites for hydroxylation is 1. The second-order valence-electron chi connectivity index (χ2n) is 5.94. The van der Waals surface area contributed by atoms with E-state index in [1.54, 1.807) is 42.5 Å². The molecule has 3 aromatic rings. The van der Waals surface area contributed by atoms with Crippen LogP contribution >= 0.6 is 15.9 Å². The monoisotopic (exact) mass is 408 g/mol. The van der Waals surface area contributed by atoms with Gasteiger partial charge in [-0.2, -0.15) is 0 Å². The predicted molar refractivity (Wildman–Crippen MR) is 104 cm³/mol. The zero-order valence-corrected chi connectivity index (χ0v) is 15.8. The summed E-state index contributed by atoms with van der Waals surface area (Å²) in [4.78, 5) is 25.6. The summed E-state index contributed by atoms with van der Waals surface area (Å²) >= 11 is 3.34. The lowest BCUT2D eigenvalue weighted by molar-refractivity contribution is 0.0280. The van der Waals surface area contributed by atoms with Gasteiger partial charge in [-0.3, -0.25) is 4.79 Å². The molecule has 3 nitrogen and oxygen atoms in total.